The van der Waals surface area contributed by atoms with Crippen molar-refractivity contribution in [2.24, 2.45) is 0 Å². The number of nitrogens with one attached hydrogen (secondary N) is 1. The minimum absolute atomic E-state index is 0.432. The van der Waals surface area contributed by atoms with E-state index in [-0.39, 0.29) is 0 Å². The van der Waals surface area contributed by atoms with Crippen LogP contribution in [0.5, 0.6) is 5.75 Å². The smallest absolute Gasteiger partial charge is 0.122 e. The Bertz CT molecular complexity index is 577. The topological polar surface area (TPSA) is 67.5 Å². The van der Waals surface area contributed by atoms with E-state index >= 15 is 0 Å². The summed E-state index contributed by atoms with van der Waals surface area (Å²) in [6.07, 6.45) is 0. The van der Waals surface area contributed by atoms with E-state index in [9.17, 15) is 5.11 Å². The lowest BCUT2D eigenvalue weighted by molar-refractivity contribution is 0.0945. The van der Waals surface area contributed by atoms with Gasteiger partial charge >= 0.3 is 0 Å². The van der Waals surface area contributed by atoms with Gasteiger partial charge in [-0.05, 0) is 31.5 Å². The Morgan fingerprint density at radius 2 is 1.86 bits per heavy atom. The molecule has 0 saturated heterocycles. The lowest BCUT2D eigenvalue weighted by Gasteiger charge is -2.19. The third-order valence-corrected chi connectivity index (χ3v) is 2.98. The van der Waals surface area contributed by atoms with E-state index in [1.54, 1.807) is 19.9 Å². The Kier molecular flexibility index (Phi) is 4.70. The predicted octanol–water partition coefficient (Wildman–Crippen LogP) is 3.03. The molecule has 0 amide bonds. The van der Waals surface area contributed by atoms with Crippen LogP contribution >= 0.6 is 0 Å². The maximum absolute atomic E-state index is 9.71. The number of benzene rings is 2. The summed E-state index contributed by atoms with van der Waals surface area (Å²) in [4.78, 5) is 0. The van der Waals surface area contributed by atoms with Gasteiger partial charge in [0.2, 0.25) is 0 Å². The summed E-state index contributed by atoms with van der Waals surface area (Å²) in [5.41, 5.74) is 7.72. The van der Waals surface area contributed by atoms with Gasteiger partial charge < -0.3 is 20.9 Å². The number of aliphatic hydroxyl groups is 1. The first-order valence-electron chi connectivity index (χ1n) is 6.96. The molecule has 0 aliphatic rings. The molecule has 0 heterocycles. The van der Waals surface area contributed by atoms with Gasteiger partial charge in [0.1, 0.15) is 12.4 Å². The van der Waals surface area contributed by atoms with Crippen molar-refractivity contribution in [3.8, 4) is 5.75 Å². The largest absolute Gasteiger partial charge is 0.489 e. The number of hydrogen-bond acceptors (Lipinski definition) is 4. The fourth-order valence-corrected chi connectivity index (χ4v) is 1.84. The molecule has 2 aromatic rings. The minimum Gasteiger partial charge on any atom is -0.489 e. The van der Waals surface area contributed by atoms with Crippen molar-refractivity contribution < 1.29 is 9.84 Å². The molecule has 0 unspecified atom stereocenters. The van der Waals surface area contributed by atoms with Crippen LogP contribution in [0.25, 0.3) is 0 Å². The minimum atomic E-state index is -0.783. The molecule has 0 aliphatic heterocycles. The normalized spacial score (nSPS) is 11.2. The van der Waals surface area contributed by atoms with Crippen molar-refractivity contribution in [2.45, 2.75) is 26.1 Å². The summed E-state index contributed by atoms with van der Waals surface area (Å²) in [7, 11) is 0. The van der Waals surface area contributed by atoms with E-state index in [1.807, 2.05) is 42.5 Å². The molecule has 0 radical (unpaired) electrons. The molecule has 112 valence electrons. The highest BCUT2D eigenvalue weighted by atomic mass is 16.5. The van der Waals surface area contributed by atoms with Crippen molar-refractivity contribution in [3.05, 3.63) is 54.1 Å². The molecule has 0 aliphatic carbocycles. The number of nitrogens with two attached hydrogens (primary N) is 1. The van der Waals surface area contributed by atoms with Gasteiger partial charge in [-0.25, -0.2) is 0 Å². The molecule has 0 bridgehead atoms. The zero-order valence-corrected chi connectivity index (χ0v) is 12.5. The fraction of sp³-hybridized carbons (Fsp3) is 0.294. The SMILES string of the molecule is CC(C)(O)CNc1ccc(OCc2ccccc2)cc1N. The van der Waals surface area contributed by atoms with Crippen LogP contribution in [-0.4, -0.2) is 17.3 Å². The Morgan fingerprint density at radius 3 is 2.48 bits per heavy atom. The van der Waals surface area contributed by atoms with Crippen molar-refractivity contribution in [1.82, 2.24) is 0 Å². The van der Waals surface area contributed by atoms with Crippen LogP contribution in [0.1, 0.15) is 19.4 Å². The number of ether oxygens (including phenoxy) is 1. The van der Waals surface area contributed by atoms with Crippen LogP contribution in [0, 0.1) is 0 Å². The van der Waals surface area contributed by atoms with Gasteiger partial charge in [0.25, 0.3) is 0 Å². The summed E-state index contributed by atoms with van der Waals surface area (Å²) in [5, 5.41) is 12.8. The quantitative estimate of drug-likeness (QED) is 0.714. The second-order valence-corrected chi connectivity index (χ2v) is 5.69. The summed E-state index contributed by atoms with van der Waals surface area (Å²) < 4.78 is 5.72. The third kappa shape index (κ3) is 5.00. The second kappa shape index (κ2) is 6.50. The highest BCUT2D eigenvalue weighted by Crippen LogP contribution is 2.25. The van der Waals surface area contributed by atoms with E-state index < -0.39 is 5.60 Å². The van der Waals surface area contributed by atoms with Crippen LogP contribution in [0.2, 0.25) is 0 Å². The maximum Gasteiger partial charge on any atom is 0.122 e. The third-order valence-electron chi connectivity index (χ3n) is 2.98. The van der Waals surface area contributed by atoms with Crippen LogP contribution in [0.4, 0.5) is 11.4 Å². The van der Waals surface area contributed by atoms with E-state index in [0.717, 1.165) is 17.0 Å². The van der Waals surface area contributed by atoms with Gasteiger partial charge in [-0.1, -0.05) is 30.3 Å². The first-order valence-corrected chi connectivity index (χ1v) is 6.96. The summed E-state index contributed by atoms with van der Waals surface area (Å²) in [6, 6.07) is 15.5. The molecule has 0 spiro atoms. The molecule has 4 nitrogen and oxygen atoms in total. The first-order chi connectivity index (χ1) is 9.94. The maximum atomic E-state index is 9.71. The molecular weight excluding hydrogens is 264 g/mol. The zero-order chi connectivity index (χ0) is 15.3. The second-order valence-electron chi connectivity index (χ2n) is 5.69. The lowest BCUT2D eigenvalue weighted by atomic mass is 10.1. The number of nitrogen functional groups attached to an aromatic ring is 1. The molecule has 0 aromatic heterocycles. The van der Waals surface area contributed by atoms with Crippen LogP contribution in [0.3, 0.4) is 0 Å². The Balaban J connectivity index is 1.95. The summed E-state index contributed by atoms with van der Waals surface area (Å²) in [6.45, 7) is 4.43. The number of hydrogen-bond donors (Lipinski definition) is 3. The molecule has 0 fully saturated rings. The highest BCUT2D eigenvalue weighted by molar-refractivity contribution is 5.68. The summed E-state index contributed by atoms with van der Waals surface area (Å²) >= 11 is 0. The molecule has 4 heteroatoms. The van der Waals surface area contributed by atoms with Gasteiger partial charge in [-0.3, -0.25) is 0 Å². The van der Waals surface area contributed by atoms with Gasteiger partial charge in [0, 0.05) is 12.6 Å². The fourth-order valence-electron chi connectivity index (χ4n) is 1.84. The van der Waals surface area contributed by atoms with Crippen molar-refractivity contribution >= 4 is 11.4 Å². The van der Waals surface area contributed by atoms with Gasteiger partial charge in [-0.2, -0.15) is 0 Å². The van der Waals surface area contributed by atoms with Gasteiger partial charge in [0.15, 0.2) is 0 Å². The van der Waals surface area contributed by atoms with E-state index in [2.05, 4.69) is 5.32 Å². The Morgan fingerprint density at radius 1 is 1.14 bits per heavy atom. The predicted molar refractivity (Wildman–Crippen MR) is 86.4 cm³/mol. The molecule has 2 aromatic carbocycles. The standard InChI is InChI=1S/C17H22N2O2/c1-17(2,20)12-19-16-9-8-14(10-15(16)18)21-11-13-6-4-3-5-7-13/h3-10,19-20H,11-12,18H2,1-2H3. The molecule has 21 heavy (non-hydrogen) atoms. The zero-order valence-electron chi connectivity index (χ0n) is 12.5. The highest BCUT2D eigenvalue weighted by Gasteiger charge is 2.12. The Hall–Kier alpha value is -2.20. The lowest BCUT2D eigenvalue weighted by Crippen LogP contribution is -2.29. The van der Waals surface area contributed by atoms with Crippen molar-refractivity contribution in [2.75, 3.05) is 17.6 Å². The molecule has 2 rings (SSSR count). The monoisotopic (exact) mass is 286 g/mol. The van der Waals surface area contributed by atoms with Gasteiger partial charge in [0.05, 0.1) is 17.0 Å². The van der Waals surface area contributed by atoms with E-state index in [1.165, 1.54) is 0 Å². The number of rotatable bonds is 6. The molecular formula is C17H22N2O2. The van der Waals surface area contributed by atoms with Crippen molar-refractivity contribution in [3.63, 3.8) is 0 Å². The summed E-state index contributed by atoms with van der Waals surface area (Å²) in [5.74, 6) is 0.727. The van der Waals surface area contributed by atoms with Crippen LogP contribution in [0.15, 0.2) is 48.5 Å². The van der Waals surface area contributed by atoms with Crippen LogP contribution in [-0.2, 0) is 6.61 Å². The molecule has 0 saturated carbocycles. The first kappa shape index (κ1) is 15.2. The van der Waals surface area contributed by atoms with E-state index in [0.29, 0.717) is 18.8 Å². The van der Waals surface area contributed by atoms with Crippen LogP contribution < -0.4 is 15.8 Å². The van der Waals surface area contributed by atoms with Crippen molar-refractivity contribution in [1.29, 1.82) is 0 Å². The Labute approximate surface area is 125 Å². The molecule has 4 N–H and O–H groups in total. The number of anilines is 2. The average Bonchev–Trinajstić information content (AvgIpc) is 2.44. The van der Waals surface area contributed by atoms with E-state index in [4.69, 9.17) is 10.5 Å². The van der Waals surface area contributed by atoms with Gasteiger partial charge in [-0.15, -0.1) is 0 Å². The molecule has 0 atom stereocenters. The average molecular weight is 286 g/mol.